The van der Waals surface area contributed by atoms with Crippen LogP contribution in [0.4, 0.5) is 0 Å². The molecule has 0 radical (unpaired) electrons. The summed E-state index contributed by atoms with van der Waals surface area (Å²) in [5, 5.41) is 13.6. The molecule has 4 N–H and O–H groups in total. The third kappa shape index (κ3) is 3.87. The molecule has 2 aliphatic carbocycles. The molecule has 0 amide bonds. The average molecular weight is 239 g/mol. The Bertz CT molecular complexity index is 298. The van der Waals surface area contributed by atoms with Crippen LogP contribution in [-0.4, -0.2) is 29.3 Å². The fraction of sp³-hybridized carbons (Fsp3) is 0.923. The monoisotopic (exact) mass is 239 g/mol. The second-order valence-corrected chi connectivity index (χ2v) is 6.51. The molecular formula is C13H25N3O. The molecule has 2 aliphatic rings. The fourth-order valence-electron chi connectivity index (χ4n) is 2.27. The summed E-state index contributed by atoms with van der Waals surface area (Å²) in [5.74, 6) is 0.491. The highest BCUT2D eigenvalue weighted by molar-refractivity contribution is 5.78. The van der Waals surface area contributed by atoms with E-state index in [1.54, 1.807) is 0 Å². The Balaban J connectivity index is 1.81. The van der Waals surface area contributed by atoms with Crippen molar-refractivity contribution in [1.29, 1.82) is 0 Å². The Morgan fingerprint density at radius 3 is 2.41 bits per heavy atom. The molecule has 0 bridgehead atoms. The van der Waals surface area contributed by atoms with E-state index in [4.69, 9.17) is 5.73 Å². The first-order chi connectivity index (χ1) is 7.89. The van der Waals surface area contributed by atoms with Gasteiger partial charge in [0, 0.05) is 6.04 Å². The van der Waals surface area contributed by atoms with Crippen molar-refractivity contribution in [3.63, 3.8) is 0 Å². The van der Waals surface area contributed by atoms with Crippen molar-refractivity contribution in [2.24, 2.45) is 16.1 Å². The lowest BCUT2D eigenvalue weighted by Gasteiger charge is -2.39. The number of nitrogens with two attached hydrogens (primary N) is 1. The molecule has 0 heterocycles. The Kier molecular flexibility index (Phi) is 3.34. The Labute approximate surface area is 104 Å². The van der Waals surface area contributed by atoms with E-state index >= 15 is 0 Å². The summed E-state index contributed by atoms with van der Waals surface area (Å²) in [6.07, 6.45) is 6.17. The zero-order valence-electron chi connectivity index (χ0n) is 11.0. The van der Waals surface area contributed by atoms with Gasteiger partial charge in [0.05, 0.1) is 12.1 Å². The van der Waals surface area contributed by atoms with Crippen LogP contribution >= 0.6 is 0 Å². The van der Waals surface area contributed by atoms with Crippen molar-refractivity contribution in [2.45, 2.75) is 64.0 Å². The van der Waals surface area contributed by atoms with Crippen molar-refractivity contribution in [3.05, 3.63) is 0 Å². The van der Waals surface area contributed by atoms with Crippen LogP contribution in [0.1, 0.15) is 52.4 Å². The molecule has 17 heavy (non-hydrogen) atoms. The maximum Gasteiger partial charge on any atom is 0.188 e. The van der Waals surface area contributed by atoms with Gasteiger partial charge >= 0.3 is 0 Å². The van der Waals surface area contributed by atoms with E-state index in [-0.39, 0.29) is 0 Å². The highest BCUT2D eigenvalue weighted by Gasteiger charge is 2.36. The standard InChI is InChI=1S/C13H25N3O/c1-12(2)5-7-13(17,8-6-12)9-15-11(14)16-10-3-4-10/h10,17H,3-9H2,1-2H3,(H3,14,15,16). The highest BCUT2D eigenvalue weighted by Crippen LogP contribution is 2.40. The molecule has 2 saturated carbocycles. The molecule has 0 aromatic heterocycles. The number of rotatable bonds is 3. The summed E-state index contributed by atoms with van der Waals surface area (Å²) < 4.78 is 0. The van der Waals surface area contributed by atoms with Crippen molar-refractivity contribution in [1.82, 2.24) is 5.32 Å². The van der Waals surface area contributed by atoms with Gasteiger partial charge < -0.3 is 16.2 Å². The molecule has 0 atom stereocenters. The van der Waals surface area contributed by atoms with Gasteiger partial charge in [-0.25, -0.2) is 0 Å². The van der Waals surface area contributed by atoms with Gasteiger partial charge in [0.15, 0.2) is 5.96 Å². The number of hydrogen-bond acceptors (Lipinski definition) is 2. The van der Waals surface area contributed by atoms with Gasteiger partial charge in [-0.2, -0.15) is 0 Å². The predicted molar refractivity (Wildman–Crippen MR) is 69.8 cm³/mol. The molecule has 4 nitrogen and oxygen atoms in total. The van der Waals surface area contributed by atoms with E-state index in [0.29, 0.717) is 24.0 Å². The molecule has 0 aromatic carbocycles. The van der Waals surface area contributed by atoms with Crippen LogP contribution in [0.2, 0.25) is 0 Å². The average Bonchev–Trinajstić information content (AvgIpc) is 3.05. The van der Waals surface area contributed by atoms with Gasteiger partial charge in [0.1, 0.15) is 0 Å². The van der Waals surface area contributed by atoms with Gasteiger partial charge in [0.2, 0.25) is 0 Å². The third-order valence-corrected chi connectivity index (χ3v) is 4.01. The van der Waals surface area contributed by atoms with Gasteiger partial charge in [-0.1, -0.05) is 13.8 Å². The fourth-order valence-corrected chi connectivity index (χ4v) is 2.27. The third-order valence-electron chi connectivity index (χ3n) is 4.01. The zero-order valence-corrected chi connectivity index (χ0v) is 11.0. The van der Waals surface area contributed by atoms with Crippen molar-refractivity contribution in [2.75, 3.05) is 6.54 Å². The van der Waals surface area contributed by atoms with Crippen LogP contribution in [0.3, 0.4) is 0 Å². The summed E-state index contributed by atoms with van der Waals surface area (Å²) in [6, 6.07) is 0.527. The molecule has 0 unspecified atom stereocenters. The van der Waals surface area contributed by atoms with E-state index in [2.05, 4.69) is 24.2 Å². The minimum atomic E-state index is -0.634. The van der Waals surface area contributed by atoms with Crippen molar-refractivity contribution < 1.29 is 5.11 Å². The minimum absolute atomic E-state index is 0.369. The summed E-state index contributed by atoms with van der Waals surface area (Å²) in [4.78, 5) is 4.28. The topological polar surface area (TPSA) is 70.6 Å². The molecular weight excluding hydrogens is 214 g/mol. The molecule has 4 heteroatoms. The van der Waals surface area contributed by atoms with E-state index in [1.807, 2.05) is 0 Å². The number of nitrogens with one attached hydrogen (secondary N) is 1. The van der Waals surface area contributed by atoms with Crippen LogP contribution in [-0.2, 0) is 0 Å². The van der Waals surface area contributed by atoms with Gasteiger partial charge in [-0.05, 0) is 43.9 Å². The molecule has 0 saturated heterocycles. The number of guanidine groups is 1. The first-order valence-corrected chi connectivity index (χ1v) is 6.68. The maximum absolute atomic E-state index is 10.4. The molecule has 0 aromatic rings. The van der Waals surface area contributed by atoms with Gasteiger partial charge in [-0.3, -0.25) is 4.99 Å². The second-order valence-electron chi connectivity index (χ2n) is 6.51. The van der Waals surface area contributed by atoms with Crippen LogP contribution in [0.15, 0.2) is 4.99 Å². The highest BCUT2D eigenvalue weighted by atomic mass is 16.3. The lowest BCUT2D eigenvalue weighted by atomic mass is 9.71. The number of aliphatic imine (C=N–C) groups is 1. The van der Waals surface area contributed by atoms with Gasteiger partial charge in [-0.15, -0.1) is 0 Å². The second kappa shape index (κ2) is 4.48. The lowest BCUT2D eigenvalue weighted by molar-refractivity contribution is -0.0175. The minimum Gasteiger partial charge on any atom is -0.388 e. The van der Waals surface area contributed by atoms with Crippen molar-refractivity contribution in [3.8, 4) is 0 Å². The van der Waals surface area contributed by atoms with E-state index < -0.39 is 5.60 Å². The largest absolute Gasteiger partial charge is 0.388 e. The SMILES string of the molecule is CC1(C)CCC(O)(CN=C(N)NC2CC2)CC1. The number of hydrogen-bond donors (Lipinski definition) is 3. The Morgan fingerprint density at radius 1 is 1.29 bits per heavy atom. The van der Waals surface area contributed by atoms with Crippen LogP contribution in [0.5, 0.6) is 0 Å². The summed E-state index contributed by atoms with van der Waals surface area (Å²) in [6.45, 7) is 4.96. The molecule has 2 fully saturated rings. The van der Waals surface area contributed by atoms with E-state index in [9.17, 15) is 5.11 Å². The molecule has 0 aliphatic heterocycles. The van der Waals surface area contributed by atoms with E-state index in [0.717, 1.165) is 25.7 Å². The summed E-state index contributed by atoms with van der Waals surface area (Å²) in [7, 11) is 0. The van der Waals surface area contributed by atoms with Crippen LogP contribution in [0, 0.1) is 5.41 Å². The first-order valence-electron chi connectivity index (χ1n) is 6.68. The predicted octanol–water partition coefficient (Wildman–Crippen LogP) is 1.38. The quantitative estimate of drug-likeness (QED) is 0.515. The summed E-state index contributed by atoms with van der Waals surface area (Å²) in [5.41, 5.74) is 5.51. The van der Waals surface area contributed by atoms with Crippen LogP contribution < -0.4 is 11.1 Å². The Hall–Kier alpha value is -0.770. The maximum atomic E-state index is 10.4. The lowest BCUT2D eigenvalue weighted by Crippen LogP contribution is -2.41. The van der Waals surface area contributed by atoms with E-state index in [1.165, 1.54) is 12.8 Å². The van der Waals surface area contributed by atoms with Crippen LogP contribution in [0.25, 0.3) is 0 Å². The number of aliphatic hydroxyl groups is 1. The first kappa shape index (κ1) is 12.7. The molecule has 0 spiro atoms. The number of nitrogens with zero attached hydrogens (tertiary/aromatic N) is 1. The molecule has 2 rings (SSSR count). The van der Waals surface area contributed by atoms with Crippen molar-refractivity contribution >= 4 is 5.96 Å². The summed E-state index contributed by atoms with van der Waals surface area (Å²) >= 11 is 0. The zero-order chi connectivity index (χ0) is 12.5. The smallest absolute Gasteiger partial charge is 0.188 e. The van der Waals surface area contributed by atoms with Gasteiger partial charge in [0.25, 0.3) is 0 Å². The normalized spacial score (nSPS) is 27.8. The molecule has 98 valence electrons. The Morgan fingerprint density at radius 2 is 1.88 bits per heavy atom.